The Balaban J connectivity index is 0.668. The van der Waals surface area contributed by atoms with Crippen LogP contribution in [-0.4, -0.2) is 148 Å². The Kier molecular flexibility index (Phi) is 16.2. The lowest BCUT2D eigenvalue weighted by Gasteiger charge is -2.43. The molecule has 1 unspecified atom stereocenters. The monoisotopic (exact) mass is 910 g/mol. The summed E-state index contributed by atoms with van der Waals surface area (Å²) in [7, 11) is 0. The third kappa shape index (κ3) is 12.2. The number of benzene rings is 1. The van der Waals surface area contributed by atoms with Crippen LogP contribution in [0, 0.1) is 17.8 Å². The zero-order valence-corrected chi connectivity index (χ0v) is 38.4. The Labute approximate surface area is 392 Å². The molecule has 16 heteroatoms. The maximum absolute atomic E-state index is 13.3. The summed E-state index contributed by atoms with van der Waals surface area (Å²) < 4.78 is 0. The summed E-state index contributed by atoms with van der Waals surface area (Å²) >= 11 is 0. The van der Waals surface area contributed by atoms with Crippen LogP contribution in [0.3, 0.4) is 0 Å². The fourth-order valence-electron chi connectivity index (χ4n) is 9.98. The summed E-state index contributed by atoms with van der Waals surface area (Å²) in [5.41, 5.74) is 2.28. The topological polar surface area (TPSA) is 181 Å². The molecule has 3 aromatic rings. The molecule has 7 heterocycles. The number of unbranched alkanes of at least 4 members (excludes halogenated alkanes) is 4. The van der Waals surface area contributed by atoms with Gasteiger partial charge in [-0.25, -0.2) is 0 Å². The van der Waals surface area contributed by atoms with Gasteiger partial charge in [0.2, 0.25) is 17.7 Å². The first-order valence-corrected chi connectivity index (χ1v) is 24.3. The van der Waals surface area contributed by atoms with Gasteiger partial charge in [0.15, 0.2) is 11.5 Å². The van der Waals surface area contributed by atoms with Gasteiger partial charge in [0.25, 0.3) is 17.7 Å². The third-order valence-corrected chi connectivity index (χ3v) is 13.9. The molecule has 6 amide bonds. The molecule has 5 aliphatic heterocycles. The number of nitrogens with one attached hydrogen (secondary N) is 2. The van der Waals surface area contributed by atoms with Crippen molar-refractivity contribution in [1.82, 2.24) is 45.4 Å². The predicted molar refractivity (Wildman–Crippen MR) is 252 cm³/mol. The number of hydrogen-bond donors (Lipinski definition) is 2. The van der Waals surface area contributed by atoms with Crippen LogP contribution in [0.1, 0.15) is 126 Å². The van der Waals surface area contributed by atoms with Gasteiger partial charge in [-0.3, -0.25) is 48.9 Å². The number of likely N-dealkylation sites (tertiary alicyclic amines) is 1. The zero-order chi connectivity index (χ0) is 46.5. The zero-order valence-electron chi connectivity index (χ0n) is 38.4. The minimum atomic E-state index is -0.995. The Hall–Kier alpha value is -6.31. The number of anilines is 1. The van der Waals surface area contributed by atoms with Crippen molar-refractivity contribution in [3.05, 3.63) is 88.9 Å². The number of pyridine rings is 1. The van der Waals surface area contributed by atoms with E-state index >= 15 is 0 Å². The SMILES string of the molecule is O=C(/C=C/c1cccnc1)NCCCCC1CCN(C(=O)c2ccc(N3CCC(N4CCN(CCCCCC#Cc5cccc6c5C(=O)N(C5CCC(=O)NC5=O)C6=O)CC4)CC3)nn2)CC1. The predicted octanol–water partition coefficient (Wildman–Crippen LogP) is 4.32. The average molecular weight is 911 g/mol. The minimum Gasteiger partial charge on any atom is -0.355 e. The molecule has 1 aromatic carbocycles. The number of aromatic nitrogens is 3. The summed E-state index contributed by atoms with van der Waals surface area (Å²) in [6.45, 7) is 9.27. The number of piperidine rings is 3. The summed E-state index contributed by atoms with van der Waals surface area (Å²) in [6, 6.07) is 12.1. The molecule has 352 valence electrons. The largest absolute Gasteiger partial charge is 0.355 e. The van der Waals surface area contributed by atoms with Crippen LogP contribution in [0.5, 0.6) is 0 Å². The molecule has 16 nitrogen and oxygen atoms in total. The van der Waals surface area contributed by atoms with Crippen molar-refractivity contribution in [1.29, 1.82) is 0 Å². The summed E-state index contributed by atoms with van der Waals surface area (Å²) in [5, 5.41) is 14.1. The van der Waals surface area contributed by atoms with E-state index in [9.17, 15) is 28.8 Å². The second kappa shape index (κ2) is 22.9. The number of fused-ring (bicyclic) bond motifs is 1. The van der Waals surface area contributed by atoms with Gasteiger partial charge in [-0.05, 0) is 106 Å². The van der Waals surface area contributed by atoms with E-state index in [-0.39, 0.29) is 35.8 Å². The van der Waals surface area contributed by atoms with E-state index in [1.54, 1.807) is 42.7 Å². The maximum Gasteiger partial charge on any atom is 0.274 e. The van der Waals surface area contributed by atoms with Gasteiger partial charge in [0.1, 0.15) is 6.04 Å². The molecule has 0 saturated carbocycles. The molecule has 0 spiro atoms. The molecule has 8 rings (SSSR count). The summed E-state index contributed by atoms with van der Waals surface area (Å²) in [4.78, 5) is 90.3. The highest BCUT2D eigenvalue weighted by Crippen LogP contribution is 2.30. The first-order chi connectivity index (χ1) is 32.7. The quantitative estimate of drug-likeness (QED) is 0.0901. The van der Waals surface area contributed by atoms with Crippen molar-refractivity contribution in [2.24, 2.45) is 5.92 Å². The fraction of sp³-hybridized carbons (Fsp3) is 0.510. The van der Waals surface area contributed by atoms with Crippen LogP contribution < -0.4 is 15.5 Å². The molecule has 0 radical (unpaired) electrons. The number of imide groups is 2. The lowest BCUT2D eigenvalue weighted by molar-refractivity contribution is -0.136. The van der Waals surface area contributed by atoms with Crippen LogP contribution in [0.4, 0.5) is 5.82 Å². The molecule has 0 aliphatic carbocycles. The lowest BCUT2D eigenvalue weighted by atomic mass is 9.91. The number of nitrogens with zero attached hydrogens (tertiary/aromatic N) is 8. The third-order valence-electron chi connectivity index (χ3n) is 13.9. The Morgan fingerprint density at radius 1 is 0.806 bits per heavy atom. The number of rotatable bonds is 16. The van der Waals surface area contributed by atoms with E-state index in [1.165, 1.54) is 0 Å². The van der Waals surface area contributed by atoms with Crippen molar-refractivity contribution in [2.45, 2.75) is 95.6 Å². The number of piperazine rings is 1. The van der Waals surface area contributed by atoms with Crippen molar-refractivity contribution >= 4 is 47.3 Å². The second-order valence-corrected chi connectivity index (χ2v) is 18.3. The number of carbonyl (C=O) groups excluding carboxylic acids is 6. The van der Waals surface area contributed by atoms with Gasteiger partial charge in [-0.1, -0.05) is 43.2 Å². The molecule has 5 aliphatic rings. The van der Waals surface area contributed by atoms with Crippen LogP contribution in [0.2, 0.25) is 0 Å². The molecular formula is C51H62N10O6. The maximum atomic E-state index is 13.3. The standard InChI is InChI=1S/C51H62N10O6/c62-45(19-15-38-11-9-25-52-36-38)53-26-6-5-10-37-21-28-60(29-22-37)50(66)42-16-18-44(56-55-42)59-30-23-40(24-31-59)58-34-32-57(33-35-58)27-7-3-1-2-4-12-39-13-8-14-41-47(39)51(67)61(49(41)65)43-17-20-46(63)54-48(43)64/h8-9,11,13-16,18-19,25,36-37,40,43H,1-3,5-7,10,17,20-24,26-35H2,(H,53,62)(H,54,63,64)/b19-15+. The molecule has 4 saturated heterocycles. The van der Waals surface area contributed by atoms with E-state index in [1.807, 2.05) is 29.2 Å². The van der Waals surface area contributed by atoms with E-state index in [0.29, 0.717) is 36.2 Å². The fourth-order valence-corrected chi connectivity index (χ4v) is 9.98. The van der Waals surface area contributed by atoms with Crippen molar-refractivity contribution in [2.75, 3.05) is 70.3 Å². The van der Waals surface area contributed by atoms with Gasteiger partial charge in [0, 0.05) is 102 Å². The smallest absolute Gasteiger partial charge is 0.274 e. The number of amides is 6. The molecular weight excluding hydrogens is 849 g/mol. The highest BCUT2D eigenvalue weighted by Gasteiger charge is 2.45. The summed E-state index contributed by atoms with van der Waals surface area (Å²) in [5.74, 6) is 5.50. The number of carbonyl (C=O) groups is 6. The van der Waals surface area contributed by atoms with E-state index in [2.05, 4.69) is 52.4 Å². The van der Waals surface area contributed by atoms with E-state index in [4.69, 9.17) is 0 Å². The van der Waals surface area contributed by atoms with Crippen LogP contribution >= 0.6 is 0 Å². The summed E-state index contributed by atoms with van der Waals surface area (Å²) in [6.07, 6.45) is 17.9. The van der Waals surface area contributed by atoms with Crippen LogP contribution in [0.25, 0.3) is 6.08 Å². The van der Waals surface area contributed by atoms with Gasteiger partial charge in [-0.2, -0.15) is 0 Å². The Morgan fingerprint density at radius 3 is 2.37 bits per heavy atom. The second-order valence-electron chi connectivity index (χ2n) is 18.3. The molecule has 67 heavy (non-hydrogen) atoms. The molecule has 2 N–H and O–H groups in total. The van der Waals surface area contributed by atoms with Gasteiger partial charge in [-0.15, -0.1) is 10.2 Å². The molecule has 1 atom stereocenters. The average Bonchev–Trinajstić information content (AvgIpc) is 3.62. The lowest BCUT2D eigenvalue weighted by Crippen LogP contribution is -2.54. The normalized spacial score (nSPS) is 19.9. The first kappa shape index (κ1) is 47.2. The van der Waals surface area contributed by atoms with Crippen molar-refractivity contribution < 1.29 is 28.8 Å². The Morgan fingerprint density at radius 2 is 1.63 bits per heavy atom. The van der Waals surface area contributed by atoms with Gasteiger partial charge in [0.05, 0.1) is 11.1 Å². The molecule has 4 fully saturated rings. The Bertz CT molecular complexity index is 2340. The van der Waals surface area contributed by atoms with Crippen LogP contribution in [0.15, 0.2) is 60.9 Å². The van der Waals surface area contributed by atoms with Crippen molar-refractivity contribution in [3.63, 3.8) is 0 Å². The van der Waals surface area contributed by atoms with E-state index in [0.717, 1.165) is 139 Å². The van der Waals surface area contributed by atoms with Gasteiger partial charge >= 0.3 is 0 Å². The molecule has 2 aromatic heterocycles. The minimum absolute atomic E-state index is 0.0442. The van der Waals surface area contributed by atoms with Crippen molar-refractivity contribution in [3.8, 4) is 11.8 Å². The van der Waals surface area contributed by atoms with Gasteiger partial charge < -0.3 is 20.0 Å². The highest BCUT2D eigenvalue weighted by molar-refractivity contribution is 6.24. The molecule has 0 bridgehead atoms. The highest BCUT2D eigenvalue weighted by atomic mass is 16.2. The first-order valence-electron chi connectivity index (χ1n) is 24.3. The van der Waals surface area contributed by atoms with E-state index < -0.39 is 29.7 Å². The number of hydrogen-bond acceptors (Lipinski definition) is 12. The van der Waals surface area contributed by atoms with Crippen LogP contribution in [-0.2, 0) is 14.4 Å².